The first kappa shape index (κ1) is 17.5. The Morgan fingerprint density at radius 2 is 1.80 bits per heavy atom. The van der Waals surface area contributed by atoms with Crippen LogP contribution < -0.4 is 5.32 Å². The molecule has 6 heteroatoms. The summed E-state index contributed by atoms with van der Waals surface area (Å²) in [6.45, 7) is 0.575. The van der Waals surface area contributed by atoms with Gasteiger partial charge in [0.15, 0.2) is 0 Å². The van der Waals surface area contributed by atoms with Gasteiger partial charge in [-0.2, -0.15) is 13.2 Å². The maximum Gasteiger partial charge on any atom is 0.416 e. The van der Waals surface area contributed by atoms with Gasteiger partial charge in [-0.3, -0.25) is 0 Å². The fourth-order valence-electron chi connectivity index (χ4n) is 3.08. The van der Waals surface area contributed by atoms with Crippen LogP contribution in [-0.2, 0) is 12.7 Å². The van der Waals surface area contributed by atoms with Crippen molar-refractivity contribution in [1.82, 2.24) is 5.32 Å². The topological polar surface area (TPSA) is 49.3 Å². The molecule has 0 spiro atoms. The summed E-state index contributed by atoms with van der Waals surface area (Å²) < 4.78 is 37.7. The molecule has 0 bridgehead atoms. The standard InChI is InChI=1S/C19H18F3NO2/c20-19(21,22)16-6-4-13(5-7-16)15-9-17(10-15)23-11-12-2-1-3-14(8-12)18(24)25/h1-8,15,17,23H,9-11H2,(H,24,25). The van der Waals surface area contributed by atoms with Crippen molar-refractivity contribution in [3.8, 4) is 0 Å². The molecule has 0 aliphatic heterocycles. The normalized spacial score (nSPS) is 20.1. The summed E-state index contributed by atoms with van der Waals surface area (Å²) in [5.41, 5.74) is 1.47. The van der Waals surface area contributed by atoms with Gasteiger partial charge in [-0.05, 0) is 54.2 Å². The smallest absolute Gasteiger partial charge is 0.416 e. The van der Waals surface area contributed by atoms with Crippen molar-refractivity contribution in [3.05, 3.63) is 70.8 Å². The molecule has 0 saturated heterocycles. The van der Waals surface area contributed by atoms with Crippen LogP contribution in [0.25, 0.3) is 0 Å². The van der Waals surface area contributed by atoms with Crippen molar-refractivity contribution < 1.29 is 23.1 Å². The largest absolute Gasteiger partial charge is 0.478 e. The maximum absolute atomic E-state index is 12.6. The lowest BCUT2D eigenvalue weighted by atomic mass is 9.75. The molecule has 1 fully saturated rings. The van der Waals surface area contributed by atoms with E-state index < -0.39 is 17.7 Å². The summed E-state index contributed by atoms with van der Waals surface area (Å²) in [6, 6.07) is 12.4. The first-order chi connectivity index (χ1) is 11.8. The summed E-state index contributed by atoms with van der Waals surface area (Å²) in [7, 11) is 0. The zero-order valence-electron chi connectivity index (χ0n) is 13.4. The number of nitrogens with one attached hydrogen (secondary N) is 1. The highest BCUT2D eigenvalue weighted by atomic mass is 19.4. The highest BCUT2D eigenvalue weighted by Crippen LogP contribution is 2.38. The monoisotopic (exact) mass is 349 g/mol. The van der Waals surface area contributed by atoms with Gasteiger partial charge in [0.05, 0.1) is 11.1 Å². The summed E-state index contributed by atoms with van der Waals surface area (Å²) >= 11 is 0. The number of rotatable bonds is 5. The van der Waals surface area contributed by atoms with Crippen LogP contribution in [-0.4, -0.2) is 17.1 Å². The average molecular weight is 349 g/mol. The summed E-state index contributed by atoms with van der Waals surface area (Å²) in [5, 5.41) is 12.3. The molecule has 25 heavy (non-hydrogen) atoms. The second-order valence-corrected chi connectivity index (χ2v) is 6.37. The summed E-state index contributed by atoms with van der Waals surface area (Å²) in [5.74, 6) is -0.682. The van der Waals surface area contributed by atoms with Crippen molar-refractivity contribution >= 4 is 5.97 Å². The molecular weight excluding hydrogens is 331 g/mol. The van der Waals surface area contributed by atoms with E-state index in [1.54, 1.807) is 30.3 Å². The zero-order chi connectivity index (χ0) is 18.0. The number of benzene rings is 2. The molecule has 2 aromatic carbocycles. The van der Waals surface area contributed by atoms with Gasteiger partial charge in [0.2, 0.25) is 0 Å². The Kier molecular flexibility index (Phi) is 4.81. The third-order valence-corrected chi connectivity index (χ3v) is 4.62. The quantitative estimate of drug-likeness (QED) is 0.839. The number of halogens is 3. The second-order valence-electron chi connectivity index (χ2n) is 6.37. The van der Waals surface area contributed by atoms with E-state index in [9.17, 15) is 18.0 Å². The van der Waals surface area contributed by atoms with E-state index >= 15 is 0 Å². The van der Waals surface area contributed by atoms with E-state index in [-0.39, 0.29) is 11.5 Å². The van der Waals surface area contributed by atoms with Gasteiger partial charge < -0.3 is 10.4 Å². The number of hydrogen-bond acceptors (Lipinski definition) is 2. The molecule has 1 aliphatic rings. The first-order valence-electron chi connectivity index (χ1n) is 8.05. The molecule has 3 rings (SSSR count). The molecule has 132 valence electrons. The van der Waals surface area contributed by atoms with Crippen molar-refractivity contribution in [2.24, 2.45) is 0 Å². The van der Waals surface area contributed by atoms with Gasteiger partial charge in [-0.25, -0.2) is 4.79 Å². The second kappa shape index (κ2) is 6.88. The third-order valence-electron chi connectivity index (χ3n) is 4.62. The van der Waals surface area contributed by atoms with Crippen LogP contribution >= 0.6 is 0 Å². The highest BCUT2D eigenvalue weighted by molar-refractivity contribution is 5.87. The molecule has 0 radical (unpaired) electrons. The van der Waals surface area contributed by atoms with Crippen molar-refractivity contribution in [2.45, 2.75) is 37.5 Å². The van der Waals surface area contributed by atoms with E-state index in [1.807, 2.05) is 6.07 Å². The number of hydrogen-bond donors (Lipinski definition) is 2. The third kappa shape index (κ3) is 4.20. The molecule has 2 aromatic rings. The number of carboxylic acid groups (broad SMARTS) is 1. The number of carbonyl (C=O) groups is 1. The van der Waals surface area contributed by atoms with Crippen LogP contribution in [0.15, 0.2) is 48.5 Å². The predicted molar refractivity (Wildman–Crippen MR) is 87.4 cm³/mol. The average Bonchev–Trinajstić information content (AvgIpc) is 2.53. The molecule has 3 nitrogen and oxygen atoms in total. The van der Waals surface area contributed by atoms with Crippen LogP contribution in [0, 0.1) is 0 Å². The molecule has 2 N–H and O–H groups in total. The summed E-state index contributed by atoms with van der Waals surface area (Å²) in [4.78, 5) is 11.0. The zero-order valence-corrected chi connectivity index (χ0v) is 13.4. The molecule has 0 atom stereocenters. The van der Waals surface area contributed by atoms with E-state index in [0.717, 1.165) is 36.1 Å². The molecule has 1 saturated carbocycles. The summed E-state index contributed by atoms with van der Waals surface area (Å²) in [6.07, 6.45) is -2.57. The lowest BCUT2D eigenvalue weighted by Gasteiger charge is -2.36. The van der Waals surface area contributed by atoms with E-state index in [1.165, 1.54) is 0 Å². The van der Waals surface area contributed by atoms with Crippen LogP contribution in [0.4, 0.5) is 13.2 Å². The fraction of sp³-hybridized carbons (Fsp3) is 0.316. The fourth-order valence-corrected chi connectivity index (χ4v) is 3.08. The van der Waals surface area contributed by atoms with Crippen LogP contribution in [0.1, 0.15) is 45.8 Å². The van der Waals surface area contributed by atoms with Crippen LogP contribution in [0.5, 0.6) is 0 Å². The molecule has 0 unspecified atom stereocenters. The minimum atomic E-state index is -4.30. The van der Waals surface area contributed by atoms with Gasteiger partial charge in [0.1, 0.15) is 0 Å². The number of alkyl halides is 3. The van der Waals surface area contributed by atoms with E-state index in [2.05, 4.69) is 5.32 Å². The van der Waals surface area contributed by atoms with Crippen molar-refractivity contribution in [2.75, 3.05) is 0 Å². The molecule has 0 heterocycles. The van der Waals surface area contributed by atoms with Gasteiger partial charge in [0, 0.05) is 12.6 Å². The number of carboxylic acids is 1. The Hall–Kier alpha value is -2.34. The van der Waals surface area contributed by atoms with Gasteiger partial charge in [0.25, 0.3) is 0 Å². The van der Waals surface area contributed by atoms with Gasteiger partial charge in [-0.1, -0.05) is 24.3 Å². The SMILES string of the molecule is O=C(O)c1cccc(CNC2CC(c3ccc(C(F)(F)F)cc3)C2)c1. The van der Waals surface area contributed by atoms with Gasteiger partial charge in [-0.15, -0.1) is 0 Å². The van der Waals surface area contributed by atoms with E-state index in [4.69, 9.17) is 5.11 Å². The lowest BCUT2D eigenvalue weighted by Crippen LogP contribution is -2.39. The Morgan fingerprint density at radius 3 is 2.40 bits per heavy atom. The predicted octanol–water partition coefficient (Wildman–Crippen LogP) is 4.44. The van der Waals surface area contributed by atoms with Crippen molar-refractivity contribution in [3.63, 3.8) is 0 Å². The maximum atomic E-state index is 12.6. The van der Waals surface area contributed by atoms with Crippen LogP contribution in [0.3, 0.4) is 0 Å². The molecule has 1 aliphatic carbocycles. The van der Waals surface area contributed by atoms with Crippen molar-refractivity contribution in [1.29, 1.82) is 0 Å². The molecule has 0 amide bonds. The Balaban J connectivity index is 1.50. The lowest BCUT2D eigenvalue weighted by molar-refractivity contribution is -0.137. The Morgan fingerprint density at radius 1 is 1.12 bits per heavy atom. The van der Waals surface area contributed by atoms with E-state index in [0.29, 0.717) is 12.6 Å². The first-order valence-corrected chi connectivity index (χ1v) is 8.05. The van der Waals surface area contributed by atoms with Gasteiger partial charge >= 0.3 is 12.1 Å². The molecular formula is C19H18F3NO2. The minimum absolute atomic E-state index is 0.260. The molecule has 0 aromatic heterocycles. The minimum Gasteiger partial charge on any atom is -0.478 e. The Bertz CT molecular complexity index is 750. The number of aromatic carboxylic acids is 1. The highest BCUT2D eigenvalue weighted by Gasteiger charge is 2.32. The Labute approximate surface area is 143 Å². The van der Waals surface area contributed by atoms with Crippen LogP contribution in [0.2, 0.25) is 0 Å².